The molecule has 0 fully saturated rings. The Bertz CT molecular complexity index is 1470. The molecule has 11 N–H and O–H groups in total. The summed E-state index contributed by atoms with van der Waals surface area (Å²) in [7, 11) is 0. The van der Waals surface area contributed by atoms with Crippen LogP contribution in [0.2, 0.25) is 0 Å². The van der Waals surface area contributed by atoms with Crippen LogP contribution in [-0.2, 0) is 46.4 Å². The third-order valence-electron chi connectivity index (χ3n) is 7.29. The van der Waals surface area contributed by atoms with Crippen molar-refractivity contribution in [2.75, 3.05) is 0 Å². The number of benzene rings is 2. The largest absolute Gasteiger partial charge is 0.508 e. The van der Waals surface area contributed by atoms with E-state index >= 15 is 0 Å². The number of carboxylic acid groups (broad SMARTS) is 2. The molecule has 5 atom stereocenters. The molecule has 16 nitrogen and oxygen atoms in total. The van der Waals surface area contributed by atoms with Gasteiger partial charge in [0.25, 0.3) is 0 Å². The Morgan fingerprint density at radius 3 is 1.61 bits per heavy atom. The zero-order valence-electron chi connectivity index (χ0n) is 27.3. The van der Waals surface area contributed by atoms with Crippen LogP contribution >= 0.6 is 0 Å². The molecule has 5 amide bonds. The third kappa shape index (κ3) is 14.4. The van der Waals surface area contributed by atoms with Gasteiger partial charge in [0.2, 0.25) is 29.5 Å². The molecular formula is C33H44N6O10. The molecule has 0 bridgehead atoms. The van der Waals surface area contributed by atoms with E-state index in [2.05, 4.69) is 21.3 Å². The van der Waals surface area contributed by atoms with E-state index in [0.29, 0.717) is 11.1 Å². The van der Waals surface area contributed by atoms with E-state index in [0.717, 1.165) is 0 Å². The summed E-state index contributed by atoms with van der Waals surface area (Å²) in [6.45, 7) is 3.57. The van der Waals surface area contributed by atoms with Gasteiger partial charge < -0.3 is 48.1 Å². The molecule has 0 saturated carbocycles. The molecule has 0 aliphatic heterocycles. The smallest absolute Gasteiger partial charge is 0.326 e. The Kier molecular flexibility index (Phi) is 15.7. The molecule has 0 aliphatic carbocycles. The van der Waals surface area contributed by atoms with Crippen LogP contribution in [0.25, 0.3) is 0 Å². The normalized spacial score (nSPS) is 14.0. The summed E-state index contributed by atoms with van der Waals surface area (Å²) in [4.78, 5) is 87.7. The summed E-state index contributed by atoms with van der Waals surface area (Å²) < 4.78 is 0. The number of carbonyl (C=O) groups is 7. The van der Waals surface area contributed by atoms with Crippen LogP contribution in [0.5, 0.6) is 5.75 Å². The minimum Gasteiger partial charge on any atom is -0.508 e. The van der Waals surface area contributed by atoms with Crippen molar-refractivity contribution in [2.45, 2.75) is 82.6 Å². The lowest BCUT2D eigenvalue weighted by molar-refractivity contribution is -0.142. The molecule has 0 heterocycles. The topological polar surface area (TPSA) is 280 Å². The van der Waals surface area contributed by atoms with Crippen molar-refractivity contribution in [3.05, 3.63) is 65.7 Å². The Balaban J connectivity index is 2.41. The number of aromatic hydroxyl groups is 1. The zero-order chi connectivity index (χ0) is 36.7. The minimum absolute atomic E-state index is 0.0462. The van der Waals surface area contributed by atoms with Crippen molar-refractivity contribution in [1.29, 1.82) is 0 Å². The molecule has 0 radical (unpaired) electrons. The fraction of sp³-hybridized carbons (Fsp3) is 0.424. The lowest BCUT2D eigenvalue weighted by atomic mass is 9.99. The molecule has 2 rings (SSSR count). The van der Waals surface area contributed by atoms with Crippen molar-refractivity contribution >= 4 is 41.5 Å². The predicted molar refractivity (Wildman–Crippen MR) is 175 cm³/mol. The van der Waals surface area contributed by atoms with Crippen molar-refractivity contribution in [3.8, 4) is 5.75 Å². The van der Waals surface area contributed by atoms with Crippen LogP contribution < -0.4 is 32.7 Å². The van der Waals surface area contributed by atoms with Gasteiger partial charge in [-0.3, -0.25) is 28.8 Å². The predicted octanol–water partition coefficient (Wildman–Crippen LogP) is -0.685. The van der Waals surface area contributed by atoms with Gasteiger partial charge in [0.1, 0.15) is 29.9 Å². The number of phenolic OH excluding ortho intramolecular Hbond substituents is 1. The molecule has 266 valence electrons. The lowest BCUT2D eigenvalue weighted by Crippen LogP contribution is -2.59. The number of rotatable bonds is 20. The highest BCUT2D eigenvalue weighted by molar-refractivity contribution is 5.96. The van der Waals surface area contributed by atoms with E-state index in [1.54, 1.807) is 44.2 Å². The standard InChI is InChI=1S/C33H44N6O10/c1-18(2)14-24(37-29(44)22(34)17-28(42)43)30(45)38-26(16-20-8-10-21(40)11-9-20)32(47)39-25(15-19-6-4-3-5-7-19)31(46)36-23(33(48)49)12-13-27(35)41/h3-11,18,22-26,40H,12-17,34H2,1-2H3,(H2,35,41)(H,36,46)(H,37,44)(H,38,45)(H,39,47)(H,42,43)(H,48,49)/t22-,23-,24-,25-,26-/m0/s1. The van der Waals surface area contributed by atoms with Crippen LogP contribution in [-0.4, -0.2) is 87.0 Å². The SMILES string of the molecule is CC(C)C[C@H](NC(=O)[C@@H](N)CC(=O)O)C(=O)N[C@@H](Cc1ccc(O)cc1)C(=O)N[C@@H](Cc1ccccc1)C(=O)N[C@@H](CCC(N)=O)C(=O)O. The molecule has 0 aliphatic rings. The maximum Gasteiger partial charge on any atom is 0.326 e. The van der Waals surface area contributed by atoms with E-state index in [1.165, 1.54) is 24.3 Å². The van der Waals surface area contributed by atoms with Crippen molar-refractivity contribution in [3.63, 3.8) is 0 Å². The van der Waals surface area contributed by atoms with Gasteiger partial charge >= 0.3 is 11.9 Å². The van der Waals surface area contributed by atoms with E-state index in [1.807, 2.05) is 0 Å². The van der Waals surface area contributed by atoms with Crippen molar-refractivity contribution in [1.82, 2.24) is 21.3 Å². The quantitative estimate of drug-likeness (QED) is 0.0842. The summed E-state index contributed by atoms with van der Waals surface area (Å²) in [5, 5.41) is 38.4. The van der Waals surface area contributed by atoms with Gasteiger partial charge in [-0.2, -0.15) is 0 Å². The van der Waals surface area contributed by atoms with Gasteiger partial charge in [-0.05, 0) is 42.0 Å². The summed E-state index contributed by atoms with van der Waals surface area (Å²) >= 11 is 0. The van der Waals surface area contributed by atoms with E-state index in [-0.39, 0.29) is 43.8 Å². The van der Waals surface area contributed by atoms with Crippen LogP contribution in [0.15, 0.2) is 54.6 Å². The monoisotopic (exact) mass is 684 g/mol. The van der Waals surface area contributed by atoms with Crippen LogP contribution in [0.1, 0.15) is 50.7 Å². The molecule has 0 spiro atoms. The number of hydrogen-bond acceptors (Lipinski definition) is 9. The number of nitrogens with two attached hydrogens (primary N) is 2. The number of amides is 5. The fourth-order valence-electron chi connectivity index (χ4n) is 4.76. The zero-order valence-corrected chi connectivity index (χ0v) is 27.3. The second kappa shape index (κ2) is 19.3. The van der Waals surface area contributed by atoms with Gasteiger partial charge in [0.15, 0.2) is 0 Å². The Morgan fingerprint density at radius 1 is 0.673 bits per heavy atom. The van der Waals surface area contributed by atoms with Crippen molar-refractivity contribution in [2.24, 2.45) is 17.4 Å². The maximum absolute atomic E-state index is 13.9. The van der Waals surface area contributed by atoms with Gasteiger partial charge in [0, 0.05) is 19.3 Å². The molecule has 16 heteroatoms. The number of aliphatic carboxylic acids is 2. The average molecular weight is 685 g/mol. The van der Waals surface area contributed by atoms with Gasteiger partial charge in [-0.1, -0.05) is 56.3 Å². The van der Waals surface area contributed by atoms with Gasteiger partial charge in [-0.25, -0.2) is 4.79 Å². The number of carbonyl (C=O) groups excluding carboxylic acids is 5. The molecule has 2 aromatic rings. The number of phenols is 1. The highest BCUT2D eigenvalue weighted by Gasteiger charge is 2.32. The Morgan fingerprint density at radius 2 is 1.14 bits per heavy atom. The first-order valence-electron chi connectivity index (χ1n) is 15.6. The van der Waals surface area contributed by atoms with Gasteiger partial charge in [-0.15, -0.1) is 0 Å². The van der Waals surface area contributed by atoms with Gasteiger partial charge in [0.05, 0.1) is 12.5 Å². The first kappa shape index (κ1) is 39.7. The third-order valence-corrected chi connectivity index (χ3v) is 7.29. The summed E-state index contributed by atoms with van der Waals surface area (Å²) in [6, 6.07) is 7.49. The number of nitrogens with one attached hydrogen (secondary N) is 4. The highest BCUT2D eigenvalue weighted by Crippen LogP contribution is 2.14. The lowest BCUT2D eigenvalue weighted by Gasteiger charge is -2.27. The number of primary amides is 1. The fourth-order valence-corrected chi connectivity index (χ4v) is 4.76. The van der Waals surface area contributed by atoms with Crippen LogP contribution in [0.3, 0.4) is 0 Å². The minimum atomic E-state index is -1.49. The molecule has 0 aromatic heterocycles. The highest BCUT2D eigenvalue weighted by atomic mass is 16.4. The number of carboxylic acids is 2. The molecule has 0 unspecified atom stereocenters. The van der Waals surface area contributed by atoms with E-state index in [9.17, 15) is 43.8 Å². The van der Waals surface area contributed by atoms with Crippen molar-refractivity contribution < 1.29 is 48.9 Å². The first-order valence-corrected chi connectivity index (χ1v) is 15.6. The summed E-state index contributed by atoms with van der Waals surface area (Å²) in [6.07, 6.45) is -1.39. The summed E-state index contributed by atoms with van der Waals surface area (Å²) in [5.41, 5.74) is 12.0. The Hall–Kier alpha value is -5.51. The van der Waals surface area contributed by atoms with E-state index in [4.69, 9.17) is 16.6 Å². The average Bonchev–Trinajstić information content (AvgIpc) is 3.02. The van der Waals surface area contributed by atoms with Crippen LogP contribution in [0.4, 0.5) is 0 Å². The number of hydrogen-bond donors (Lipinski definition) is 9. The molecule has 49 heavy (non-hydrogen) atoms. The Labute approximate surface area is 283 Å². The molecular weight excluding hydrogens is 640 g/mol. The van der Waals surface area contributed by atoms with E-state index < -0.39 is 78.1 Å². The second-order valence-corrected chi connectivity index (χ2v) is 12.0. The summed E-state index contributed by atoms with van der Waals surface area (Å²) in [5.74, 6) is -7.05. The maximum atomic E-state index is 13.9. The first-order chi connectivity index (χ1) is 23.0. The molecule has 0 saturated heterocycles. The van der Waals surface area contributed by atoms with Crippen LogP contribution in [0, 0.1) is 5.92 Å². The second-order valence-electron chi connectivity index (χ2n) is 12.0. The molecule has 2 aromatic carbocycles.